The van der Waals surface area contributed by atoms with Gasteiger partial charge in [0.2, 0.25) is 0 Å². The average Bonchev–Trinajstić information content (AvgIpc) is 2.09. The van der Waals surface area contributed by atoms with E-state index in [1.165, 1.54) is 12.1 Å². The number of hydrogen-bond acceptors (Lipinski definition) is 1. The second-order valence-electron chi connectivity index (χ2n) is 3.04. The topological polar surface area (TPSA) is 20.2 Å². The van der Waals surface area contributed by atoms with Crippen molar-refractivity contribution in [3.05, 3.63) is 47.3 Å². The molecule has 0 amide bonds. The van der Waals surface area contributed by atoms with E-state index < -0.39 is 0 Å². The van der Waals surface area contributed by atoms with E-state index in [9.17, 15) is 4.39 Å². The lowest BCUT2D eigenvalue weighted by atomic mass is 10.1. The highest BCUT2D eigenvalue weighted by Crippen LogP contribution is 2.08. The third kappa shape index (κ3) is 3.38. The van der Waals surface area contributed by atoms with Crippen LogP contribution in [0.4, 0.5) is 4.39 Å². The monoisotopic (exact) mass is 180 g/mol. The van der Waals surface area contributed by atoms with Gasteiger partial charge < -0.3 is 5.11 Å². The third-order valence-electron chi connectivity index (χ3n) is 1.84. The molecular formula is C11H13FO. The van der Waals surface area contributed by atoms with Gasteiger partial charge in [0.15, 0.2) is 0 Å². The molecule has 1 aromatic rings. The van der Waals surface area contributed by atoms with Crippen LogP contribution < -0.4 is 0 Å². The number of aliphatic hydroxyl groups is 1. The van der Waals surface area contributed by atoms with E-state index in [1.54, 1.807) is 18.2 Å². The molecule has 0 atom stereocenters. The Morgan fingerprint density at radius 1 is 1.38 bits per heavy atom. The van der Waals surface area contributed by atoms with Gasteiger partial charge in [0.1, 0.15) is 5.82 Å². The minimum atomic E-state index is -0.215. The molecule has 0 saturated carbocycles. The van der Waals surface area contributed by atoms with Crippen molar-refractivity contribution in [3.8, 4) is 0 Å². The maximum atomic E-state index is 12.5. The fourth-order valence-corrected chi connectivity index (χ4v) is 1.15. The Morgan fingerprint density at radius 3 is 2.54 bits per heavy atom. The first kappa shape index (κ1) is 9.93. The summed E-state index contributed by atoms with van der Waals surface area (Å²) < 4.78 is 12.5. The van der Waals surface area contributed by atoms with E-state index in [0.717, 1.165) is 17.6 Å². The van der Waals surface area contributed by atoms with E-state index in [-0.39, 0.29) is 12.4 Å². The summed E-state index contributed by atoms with van der Waals surface area (Å²) in [7, 11) is 0. The van der Waals surface area contributed by atoms with E-state index >= 15 is 0 Å². The van der Waals surface area contributed by atoms with Gasteiger partial charge in [0.25, 0.3) is 0 Å². The molecule has 0 spiro atoms. The van der Waals surface area contributed by atoms with Crippen LogP contribution in [0.15, 0.2) is 35.9 Å². The van der Waals surface area contributed by atoms with Gasteiger partial charge in [-0.15, -0.1) is 0 Å². The van der Waals surface area contributed by atoms with Crippen molar-refractivity contribution in [1.82, 2.24) is 0 Å². The molecule has 1 N–H and O–H groups in total. The fraction of sp³-hybridized carbons (Fsp3) is 0.273. The molecule has 2 heteroatoms. The zero-order valence-corrected chi connectivity index (χ0v) is 7.63. The Balaban J connectivity index is 2.64. The van der Waals surface area contributed by atoms with Crippen LogP contribution in [0.25, 0.3) is 0 Å². The average molecular weight is 180 g/mol. The Hall–Kier alpha value is -1.15. The van der Waals surface area contributed by atoms with Crippen molar-refractivity contribution in [1.29, 1.82) is 0 Å². The van der Waals surface area contributed by atoms with E-state index in [1.807, 2.05) is 6.92 Å². The van der Waals surface area contributed by atoms with E-state index in [2.05, 4.69) is 0 Å². The molecule has 0 radical (unpaired) electrons. The van der Waals surface area contributed by atoms with Gasteiger partial charge in [-0.1, -0.05) is 23.8 Å². The SMILES string of the molecule is C/C(=C\CO)Cc1ccc(F)cc1. The van der Waals surface area contributed by atoms with Crippen molar-refractivity contribution < 1.29 is 9.50 Å². The maximum Gasteiger partial charge on any atom is 0.123 e. The summed E-state index contributed by atoms with van der Waals surface area (Å²) in [4.78, 5) is 0. The summed E-state index contributed by atoms with van der Waals surface area (Å²) in [5.74, 6) is -0.215. The molecule has 0 bridgehead atoms. The number of hydrogen-bond donors (Lipinski definition) is 1. The molecule has 0 fully saturated rings. The zero-order chi connectivity index (χ0) is 9.68. The summed E-state index contributed by atoms with van der Waals surface area (Å²) in [6, 6.07) is 6.40. The highest BCUT2D eigenvalue weighted by molar-refractivity contribution is 5.21. The van der Waals surface area contributed by atoms with Gasteiger partial charge >= 0.3 is 0 Å². The first-order chi connectivity index (χ1) is 6.22. The van der Waals surface area contributed by atoms with Crippen molar-refractivity contribution in [2.75, 3.05) is 6.61 Å². The second-order valence-corrected chi connectivity index (χ2v) is 3.04. The summed E-state index contributed by atoms with van der Waals surface area (Å²) in [5, 5.41) is 8.62. The van der Waals surface area contributed by atoms with Crippen LogP contribution in [0.2, 0.25) is 0 Å². The quantitative estimate of drug-likeness (QED) is 0.708. The van der Waals surface area contributed by atoms with Crippen LogP contribution >= 0.6 is 0 Å². The van der Waals surface area contributed by atoms with Crippen LogP contribution in [0.1, 0.15) is 12.5 Å². The second kappa shape index (κ2) is 4.77. The van der Waals surface area contributed by atoms with Gasteiger partial charge in [-0.25, -0.2) is 4.39 Å². The lowest BCUT2D eigenvalue weighted by Gasteiger charge is -2.00. The molecule has 0 aliphatic carbocycles. The molecule has 1 rings (SSSR count). The molecule has 13 heavy (non-hydrogen) atoms. The van der Waals surface area contributed by atoms with Crippen LogP contribution in [-0.4, -0.2) is 11.7 Å². The normalized spacial score (nSPS) is 11.8. The largest absolute Gasteiger partial charge is 0.392 e. The van der Waals surface area contributed by atoms with Crippen LogP contribution in [0.3, 0.4) is 0 Å². The minimum absolute atomic E-state index is 0.0625. The highest BCUT2D eigenvalue weighted by atomic mass is 19.1. The summed E-state index contributed by atoms with van der Waals surface area (Å²) in [5.41, 5.74) is 2.15. The van der Waals surface area contributed by atoms with Crippen molar-refractivity contribution >= 4 is 0 Å². The van der Waals surface area contributed by atoms with Crippen molar-refractivity contribution in [3.63, 3.8) is 0 Å². The van der Waals surface area contributed by atoms with Crippen LogP contribution in [-0.2, 0) is 6.42 Å². The van der Waals surface area contributed by atoms with Gasteiger partial charge in [-0.2, -0.15) is 0 Å². The smallest absolute Gasteiger partial charge is 0.123 e. The van der Waals surface area contributed by atoms with Crippen molar-refractivity contribution in [2.24, 2.45) is 0 Å². The Labute approximate surface area is 77.5 Å². The third-order valence-corrected chi connectivity index (χ3v) is 1.84. The first-order valence-corrected chi connectivity index (χ1v) is 4.23. The number of benzene rings is 1. The van der Waals surface area contributed by atoms with Crippen molar-refractivity contribution in [2.45, 2.75) is 13.3 Å². The van der Waals surface area contributed by atoms with Crippen LogP contribution in [0.5, 0.6) is 0 Å². The number of allylic oxidation sites excluding steroid dienone is 1. The molecule has 1 nitrogen and oxygen atoms in total. The zero-order valence-electron chi connectivity index (χ0n) is 7.63. The lowest BCUT2D eigenvalue weighted by molar-refractivity contribution is 0.341. The summed E-state index contributed by atoms with van der Waals surface area (Å²) >= 11 is 0. The van der Waals surface area contributed by atoms with Gasteiger partial charge in [0, 0.05) is 0 Å². The lowest BCUT2D eigenvalue weighted by Crippen LogP contribution is -1.88. The number of aliphatic hydroxyl groups excluding tert-OH is 1. The number of rotatable bonds is 3. The van der Waals surface area contributed by atoms with Gasteiger partial charge in [-0.3, -0.25) is 0 Å². The Bertz CT molecular complexity index is 287. The molecule has 0 saturated heterocycles. The summed E-state index contributed by atoms with van der Waals surface area (Å²) in [6.45, 7) is 2.01. The molecule has 70 valence electrons. The molecule has 0 unspecified atom stereocenters. The Kier molecular flexibility index (Phi) is 3.65. The highest BCUT2D eigenvalue weighted by Gasteiger charge is 1.94. The standard InChI is InChI=1S/C11H13FO/c1-9(6-7-13)8-10-2-4-11(12)5-3-10/h2-6,13H,7-8H2,1H3/b9-6+. The summed E-state index contributed by atoms with van der Waals surface area (Å²) in [6.07, 6.45) is 2.52. The van der Waals surface area contributed by atoms with E-state index in [0.29, 0.717) is 0 Å². The first-order valence-electron chi connectivity index (χ1n) is 4.23. The molecule has 0 aliphatic rings. The predicted octanol–water partition coefficient (Wildman–Crippen LogP) is 2.31. The fourth-order valence-electron chi connectivity index (χ4n) is 1.15. The van der Waals surface area contributed by atoms with Crippen LogP contribution in [0, 0.1) is 5.82 Å². The minimum Gasteiger partial charge on any atom is -0.392 e. The molecule has 0 heterocycles. The van der Waals surface area contributed by atoms with Gasteiger partial charge in [-0.05, 0) is 31.0 Å². The Morgan fingerprint density at radius 2 is 2.00 bits per heavy atom. The molecule has 0 aliphatic heterocycles. The van der Waals surface area contributed by atoms with Gasteiger partial charge in [0.05, 0.1) is 6.61 Å². The molecular weight excluding hydrogens is 167 g/mol. The number of halogens is 1. The predicted molar refractivity (Wildman–Crippen MR) is 50.9 cm³/mol. The van der Waals surface area contributed by atoms with E-state index in [4.69, 9.17) is 5.11 Å². The maximum absolute atomic E-state index is 12.5. The molecule has 1 aromatic carbocycles. The molecule has 0 aromatic heterocycles.